The summed E-state index contributed by atoms with van der Waals surface area (Å²) in [7, 11) is 0. The number of hydrogen-bond donors (Lipinski definition) is 3. The molecule has 3 N–H and O–H groups in total. The van der Waals surface area contributed by atoms with E-state index in [0.29, 0.717) is 22.5 Å². The fraction of sp³-hybridized carbons (Fsp3) is 0.333. The van der Waals surface area contributed by atoms with Gasteiger partial charge in [-0.3, -0.25) is 4.79 Å². The molecular formula is C24H23ClFN3O6. The third kappa shape index (κ3) is 4.77. The van der Waals surface area contributed by atoms with E-state index in [9.17, 15) is 19.5 Å². The largest absolute Gasteiger partial charge is 0.486 e. The first-order chi connectivity index (χ1) is 16.9. The van der Waals surface area contributed by atoms with Gasteiger partial charge in [0.2, 0.25) is 5.71 Å². The first-order valence-electron chi connectivity index (χ1n) is 11.1. The number of hydrogen-bond acceptors (Lipinski definition) is 8. The fourth-order valence-corrected chi connectivity index (χ4v) is 4.36. The molecule has 0 radical (unpaired) electrons. The highest BCUT2D eigenvalue weighted by Gasteiger charge is 2.32. The Morgan fingerprint density at radius 1 is 1.20 bits per heavy atom. The average molecular weight is 504 g/mol. The van der Waals surface area contributed by atoms with Crippen molar-refractivity contribution >= 4 is 34.2 Å². The first-order valence-corrected chi connectivity index (χ1v) is 11.5. The van der Waals surface area contributed by atoms with Crippen molar-refractivity contribution < 1.29 is 33.4 Å². The van der Waals surface area contributed by atoms with Crippen molar-refractivity contribution in [1.82, 2.24) is 10.2 Å². The molecule has 35 heavy (non-hydrogen) atoms. The van der Waals surface area contributed by atoms with Crippen LogP contribution in [-0.2, 0) is 4.79 Å². The van der Waals surface area contributed by atoms with E-state index in [0.717, 1.165) is 25.6 Å². The lowest BCUT2D eigenvalue weighted by atomic mass is 9.99. The standard InChI is InChI=1S/C24H23ClFN3O6/c25-15-2-3-18-13(8-15)10-19(35-18)21(28-32)24(31)27-17(12-29-4-1-5-29)22(30)14-9-16(26)23-20(11-14)33-6-7-34-23/h2-3,8-11,17,22,30,32H,1,4-7,12H2,(H,27,31)/t17-,22-/m1/s1. The van der Waals surface area contributed by atoms with E-state index in [1.54, 1.807) is 18.2 Å². The fourth-order valence-electron chi connectivity index (χ4n) is 4.18. The van der Waals surface area contributed by atoms with E-state index in [1.807, 2.05) is 4.90 Å². The lowest BCUT2D eigenvalue weighted by Gasteiger charge is -2.36. The van der Waals surface area contributed by atoms with Crippen LogP contribution in [0, 0.1) is 5.82 Å². The molecule has 0 aliphatic carbocycles. The number of benzene rings is 2. The minimum absolute atomic E-state index is 0.00443. The van der Waals surface area contributed by atoms with Crippen LogP contribution >= 0.6 is 11.6 Å². The summed E-state index contributed by atoms with van der Waals surface area (Å²) in [4.78, 5) is 15.2. The van der Waals surface area contributed by atoms with Gasteiger partial charge in [-0.05, 0) is 61.5 Å². The number of aliphatic hydroxyl groups excluding tert-OH is 1. The van der Waals surface area contributed by atoms with Crippen molar-refractivity contribution in [3.63, 3.8) is 0 Å². The number of aliphatic hydroxyl groups is 1. The van der Waals surface area contributed by atoms with E-state index in [4.69, 9.17) is 25.5 Å². The van der Waals surface area contributed by atoms with Gasteiger partial charge in [0.05, 0.1) is 6.04 Å². The topological polar surface area (TPSA) is 117 Å². The van der Waals surface area contributed by atoms with Crippen molar-refractivity contribution in [2.75, 3.05) is 32.8 Å². The van der Waals surface area contributed by atoms with Crippen LogP contribution in [0.2, 0.25) is 5.02 Å². The summed E-state index contributed by atoms with van der Waals surface area (Å²) in [6.45, 7) is 2.41. The maximum absolute atomic E-state index is 14.6. The minimum atomic E-state index is -1.28. The summed E-state index contributed by atoms with van der Waals surface area (Å²) in [6.07, 6.45) is -0.278. The Balaban J connectivity index is 1.40. The maximum Gasteiger partial charge on any atom is 0.277 e. The molecule has 0 saturated carbocycles. The summed E-state index contributed by atoms with van der Waals surface area (Å²) >= 11 is 6.01. The minimum Gasteiger partial charge on any atom is -0.486 e. The molecule has 184 valence electrons. The number of oxime groups is 1. The van der Waals surface area contributed by atoms with Crippen LogP contribution in [0.25, 0.3) is 11.0 Å². The molecule has 3 aromatic rings. The van der Waals surface area contributed by atoms with Crippen LogP contribution < -0.4 is 14.8 Å². The number of nitrogens with one attached hydrogen (secondary N) is 1. The third-order valence-corrected chi connectivity index (χ3v) is 6.32. The second-order valence-corrected chi connectivity index (χ2v) is 8.88. The molecule has 11 heteroatoms. The maximum atomic E-state index is 14.6. The van der Waals surface area contributed by atoms with E-state index < -0.39 is 23.9 Å². The zero-order chi connectivity index (χ0) is 24.5. The number of carbonyl (C=O) groups excluding carboxylic acids is 1. The monoisotopic (exact) mass is 503 g/mol. The summed E-state index contributed by atoms with van der Waals surface area (Å²) in [6, 6.07) is 8.29. The van der Waals surface area contributed by atoms with Crippen LogP contribution in [0.1, 0.15) is 23.8 Å². The van der Waals surface area contributed by atoms with Crippen molar-refractivity contribution in [3.8, 4) is 11.5 Å². The van der Waals surface area contributed by atoms with Gasteiger partial charge in [0.25, 0.3) is 5.91 Å². The highest BCUT2D eigenvalue weighted by Crippen LogP contribution is 2.36. The SMILES string of the molecule is O=C(N[C@H](CN1CCC1)[C@H](O)c1cc(F)c2c(c1)OCCO2)C(=NO)c1cc2cc(Cl)ccc2o1. The van der Waals surface area contributed by atoms with Gasteiger partial charge < -0.3 is 34.4 Å². The molecule has 1 aromatic heterocycles. The van der Waals surface area contributed by atoms with Crippen LogP contribution in [0.3, 0.4) is 0 Å². The van der Waals surface area contributed by atoms with Crippen molar-refractivity contribution in [1.29, 1.82) is 0 Å². The Hall–Kier alpha value is -3.34. The second-order valence-electron chi connectivity index (χ2n) is 8.45. The Morgan fingerprint density at radius 3 is 2.74 bits per heavy atom. The van der Waals surface area contributed by atoms with E-state index in [1.165, 1.54) is 12.1 Å². The van der Waals surface area contributed by atoms with Gasteiger partial charge in [-0.15, -0.1) is 0 Å². The molecule has 9 nitrogen and oxygen atoms in total. The van der Waals surface area contributed by atoms with Crippen molar-refractivity contribution in [3.05, 3.63) is 58.6 Å². The summed E-state index contributed by atoms with van der Waals surface area (Å²) in [5, 5.41) is 27.7. The molecule has 0 bridgehead atoms. The average Bonchev–Trinajstić information content (AvgIpc) is 3.23. The molecule has 2 aliphatic rings. The van der Waals surface area contributed by atoms with Gasteiger partial charge in [0.15, 0.2) is 23.1 Å². The summed E-state index contributed by atoms with van der Waals surface area (Å²) in [5.41, 5.74) is 0.312. The molecule has 5 rings (SSSR count). The highest BCUT2D eigenvalue weighted by atomic mass is 35.5. The molecule has 3 heterocycles. The molecular weight excluding hydrogens is 481 g/mol. The highest BCUT2D eigenvalue weighted by molar-refractivity contribution is 6.44. The van der Waals surface area contributed by atoms with Gasteiger partial charge in [0.1, 0.15) is 24.9 Å². The Labute approximate surface area is 204 Å². The predicted molar refractivity (Wildman–Crippen MR) is 125 cm³/mol. The molecule has 2 atom stereocenters. The van der Waals surface area contributed by atoms with Gasteiger partial charge in [-0.25, -0.2) is 4.39 Å². The van der Waals surface area contributed by atoms with E-state index in [2.05, 4.69) is 10.5 Å². The number of fused-ring (bicyclic) bond motifs is 2. The van der Waals surface area contributed by atoms with Gasteiger partial charge in [-0.2, -0.15) is 0 Å². The Bertz CT molecular complexity index is 1290. The zero-order valence-corrected chi connectivity index (χ0v) is 19.3. The number of furan rings is 1. The smallest absolute Gasteiger partial charge is 0.277 e. The van der Waals surface area contributed by atoms with Crippen LogP contribution in [0.5, 0.6) is 11.5 Å². The molecule has 1 amide bonds. The van der Waals surface area contributed by atoms with Crippen LogP contribution in [-0.4, -0.2) is 65.7 Å². The second kappa shape index (κ2) is 9.73. The lowest BCUT2D eigenvalue weighted by molar-refractivity contribution is -0.116. The Morgan fingerprint density at radius 2 is 2.00 bits per heavy atom. The number of rotatable bonds is 7. The van der Waals surface area contributed by atoms with Crippen LogP contribution in [0.4, 0.5) is 4.39 Å². The molecule has 1 fully saturated rings. The normalized spacial score (nSPS) is 17.6. The molecule has 2 aromatic carbocycles. The molecule has 2 aliphatic heterocycles. The van der Waals surface area contributed by atoms with E-state index in [-0.39, 0.29) is 41.7 Å². The van der Waals surface area contributed by atoms with Gasteiger partial charge in [-0.1, -0.05) is 16.8 Å². The lowest BCUT2D eigenvalue weighted by Crippen LogP contribution is -2.52. The Kier molecular flexibility index (Phi) is 6.50. The summed E-state index contributed by atoms with van der Waals surface area (Å²) in [5.74, 6) is -1.21. The quantitative estimate of drug-likeness (QED) is 0.258. The number of likely N-dealkylation sites (tertiary alicyclic amines) is 1. The molecule has 0 spiro atoms. The van der Waals surface area contributed by atoms with Crippen molar-refractivity contribution in [2.24, 2.45) is 5.16 Å². The molecule has 1 saturated heterocycles. The zero-order valence-electron chi connectivity index (χ0n) is 18.5. The molecule has 0 unspecified atom stereocenters. The predicted octanol–water partition coefficient (Wildman–Crippen LogP) is 3.10. The van der Waals surface area contributed by atoms with E-state index >= 15 is 0 Å². The van der Waals surface area contributed by atoms with Gasteiger partial charge >= 0.3 is 0 Å². The van der Waals surface area contributed by atoms with Crippen molar-refractivity contribution in [2.45, 2.75) is 18.6 Å². The number of carbonyl (C=O) groups is 1. The number of halogens is 2. The first kappa shape index (κ1) is 23.4. The number of nitrogens with zero attached hydrogens (tertiary/aromatic N) is 2. The number of amides is 1. The third-order valence-electron chi connectivity index (χ3n) is 6.09. The van der Waals surface area contributed by atoms with Gasteiger partial charge in [0, 0.05) is 17.0 Å². The number of ether oxygens (including phenoxy) is 2. The summed E-state index contributed by atoms with van der Waals surface area (Å²) < 4.78 is 31.0. The van der Waals surface area contributed by atoms with Crippen LogP contribution in [0.15, 0.2) is 46.0 Å².